The van der Waals surface area contributed by atoms with Gasteiger partial charge in [0.1, 0.15) is 0 Å². The molecule has 8 heteroatoms. The van der Waals surface area contributed by atoms with Gasteiger partial charge < -0.3 is 29.0 Å². The maximum atomic E-state index is 9.20. The van der Waals surface area contributed by atoms with Gasteiger partial charge in [0.15, 0.2) is 0 Å². The van der Waals surface area contributed by atoms with E-state index in [1.165, 1.54) is 0 Å². The van der Waals surface area contributed by atoms with Crippen LogP contribution in [-0.2, 0) is 4.12 Å². The van der Waals surface area contributed by atoms with Crippen LogP contribution in [0.1, 0.15) is 36.1 Å². The minimum atomic E-state index is -4.08. The van der Waals surface area contributed by atoms with E-state index in [0.717, 1.165) is 5.70 Å². The first-order valence-corrected chi connectivity index (χ1v) is 7.65. The molecule has 0 aromatic heterocycles. The molecule has 0 aliphatic rings. The lowest BCUT2D eigenvalue weighted by Gasteiger charge is -2.23. The molecule has 0 atom stereocenters. The van der Waals surface area contributed by atoms with Crippen LogP contribution in [0.5, 0.6) is 0 Å². The normalized spacial score (nSPS) is 9.94. The highest BCUT2D eigenvalue weighted by Gasteiger charge is 2.43. The Labute approximate surface area is 108 Å². The van der Waals surface area contributed by atoms with Crippen LogP contribution >= 0.6 is 0 Å². The van der Waals surface area contributed by atoms with Gasteiger partial charge in [0, 0.05) is 6.04 Å². The van der Waals surface area contributed by atoms with Gasteiger partial charge in [-0.3, -0.25) is 0 Å². The highest BCUT2D eigenvalue weighted by Crippen LogP contribution is 2.11. The fourth-order valence-electron chi connectivity index (χ4n) is 0.666. The molecular weight excluding hydrogens is 258 g/mol. The van der Waals surface area contributed by atoms with Crippen LogP contribution in [0.4, 0.5) is 0 Å². The third-order valence-electron chi connectivity index (χ3n) is 1.29. The lowest BCUT2D eigenvalue weighted by Crippen LogP contribution is -2.52. The van der Waals surface area contributed by atoms with Crippen molar-refractivity contribution in [3.05, 3.63) is 12.3 Å². The van der Waals surface area contributed by atoms with Gasteiger partial charge in [0.05, 0.1) is 0 Å². The molecular formula is C9H31NO5Si2. The second-order valence-electron chi connectivity index (χ2n) is 2.60. The number of hydrogen-bond donors (Lipinski definition) is 5. The van der Waals surface area contributed by atoms with Crippen LogP contribution in [0.25, 0.3) is 0 Å². The molecule has 0 aliphatic heterocycles. The highest BCUT2D eigenvalue weighted by molar-refractivity contribution is 6.75. The predicted molar refractivity (Wildman–Crippen MR) is 77.1 cm³/mol. The van der Waals surface area contributed by atoms with E-state index in [4.69, 9.17) is 15.3 Å². The van der Waals surface area contributed by atoms with Gasteiger partial charge in [0.25, 0.3) is 0 Å². The molecule has 0 fully saturated rings. The third kappa shape index (κ3) is 15.9. The topological polar surface area (TPSA) is 116 Å². The third-order valence-corrected chi connectivity index (χ3v) is 5.33. The van der Waals surface area contributed by atoms with Crippen molar-refractivity contribution in [1.29, 1.82) is 0 Å². The predicted octanol–water partition coefficient (Wildman–Crippen LogP) is 0.468. The summed E-state index contributed by atoms with van der Waals surface area (Å²) in [5, 5.41) is 0. The fraction of sp³-hybridized carbons (Fsp3) is 0.778. The van der Waals surface area contributed by atoms with E-state index in [0.29, 0.717) is 13.0 Å². The molecule has 0 bridgehead atoms. The van der Waals surface area contributed by atoms with E-state index in [2.05, 4.69) is 10.7 Å². The average molecular weight is 290 g/mol. The Morgan fingerprint density at radius 2 is 1.47 bits per heavy atom. The van der Waals surface area contributed by atoms with Gasteiger partial charge in [-0.05, 0) is 18.7 Å². The summed E-state index contributed by atoms with van der Waals surface area (Å²) in [5.41, 5.74) is 5.94. The second-order valence-corrected chi connectivity index (χ2v) is 7.13. The molecule has 0 spiro atoms. The summed E-state index contributed by atoms with van der Waals surface area (Å²) in [6.07, 6.45) is 0.362. The van der Waals surface area contributed by atoms with Crippen LogP contribution in [0.2, 0.25) is 6.04 Å². The molecule has 0 saturated heterocycles. The van der Waals surface area contributed by atoms with Crippen LogP contribution in [0, 0.1) is 0 Å². The molecule has 0 amide bonds. The SMILES string of the molecule is C.C.C.C.C=C[Si](O)(O)O[Si](O)(O)CCCN. The molecule has 17 heavy (non-hydrogen) atoms. The quantitative estimate of drug-likeness (QED) is 0.454. The van der Waals surface area contributed by atoms with Crippen molar-refractivity contribution in [3.8, 4) is 0 Å². The first-order valence-electron chi connectivity index (χ1n) is 3.76. The van der Waals surface area contributed by atoms with Crippen LogP contribution in [0.15, 0.2) is 12.3 Å². The molecule has 0 aromatic carbocycles. The zero-order chi connectivity index (χ0) is 10.5. The zero-order valence-corrected chi connectivity index (χ0v) is 9.18. The Balaban J connectivity index is -0.000000120. The molecule has 0 unspecified atom stereocenters. The fourth-order valence-corrected chi connectivity index (χ4v) is 4.00. The zero-order valence-electron chi connectivity index (χ0n) is 7.18. The van der Waals surface area contributed by atoms with E-state index in [1.807, 2.05) is 0 Å². The summed E-state index contributed by atoms with van der Waals surface area (Å²) in [6, 6.07) is -0.0484. The van der Waals surface area contributed by atoms with E-state index in [1.54, 1.807) is 0 Å². The van der Waals surface area contributed by atoms with Gasteiger partial charge in [-0.25, -0.2) is 0 Å². The standard InChI is InChI=1S/C5H15NO5Si2.4CH4/c1-2-12(7,8)11-13(9,10)5-3-4-6;;;;/h2,7-10H,1,3-6H2;4*1H4. The number of nitrogens with two attached hydrogens (primary N) is 1. The number of hydrogen-bond acceptors (Lipinski definition) is 6. The Morgan fingerprint density at radius 3 is 1.76 bits per heavy atom. The molecule has 0 rings (SSSR count). The molecule has 6 nitrogen and oxygen atoms in total. The summed E-state index contributed by atoms with van der Waals surface area (Å²) in [5.74, 6) is 0. The molecule has 6 N–H and O–H groups in total. The van der Waals surface area contributed by atoms with Gasteiger partial charge in [0.2, 0.25) is 0 Å². The average Bonchev–Trinajstić information content (AvgIpc) is 1.99. The highest BCUT2D eigenvalue weighted by atomic mass is 28.5. The molecule has 0 aliphatic carbocycles. The van der Waals surface area contributed by atoms with Crippen LogP contribution in [-0.4, -0.2) is 43.3 Å². The molecule has 0 heterocycles. The van der Waals surface area contributed by atoms with Crippen molar-refractivity contribution in [2.75, 3.05) is 6.54 Å². The largest absolute Gasteiger partial charge is 0.516 e. The van der Waals surface area contributed by atoms with Crippen molar-refractivity contribution < 1.29 is 23.3 Å². The Bertz CT molecular complexity index is 179. The first-order chi connectivity index (χ1) is 5.83. The van der Waals surface area contributed by atoms with Crippen molar-refractivity contribution in [2.45, 2.75) is 42.2 Å². The Hall–Kier alpha value is -0.0662. The van der Waals surface area contributed by atoms with Crippen LogP contribution in [0.3, 0.4) is 0 Å². The van der Waals surface area contributed by atoms with Crippen molar-refractivity contribution in [3.63, 3.8) is 0 Å². The van der Waals surface area contributed by atoms with E-state index < -0.39 is 17.6 Å². The Kier molecular flexibility index (Phi) is 22.0. The van der Waals surface area contributed by atoms with Crippen molar-refractivity contribution in [1.82, 2.24) is 0 Å². The smallest absolute Gasteiger partial charge is 0.390 e. The molecule has 0 saturated carbocycles. The lowest BCUT2D eigenvalue weighted by molar-refractivity contribution is 0.164. The minimum Gasteiger partial charge on any atom is -0.390 e. The first kappa shape index (κ1) is 30.2. The second kappa shape index (κ2) is 12.4. The summed E-state index contributed by atoms with van der Waals surface area (Å²) in [6.45, 7) is 3.40. The van der Waals surface area contributed by atoms with Gasteiger partial charge >= 0.3 is 17.6 Å². The lowest BCUT2D eigenvalue weighted by atomic mass is 10.5. The summed E-state index contributed by atoms with van der Waals surface area (Å²) < 4.78 is 4.40. The summed E-state index contributed by atoms with van der Waals surface area (Å²) >= 11 is 0. The molecule has 110 valence electrons. The van der Waals surface area contributed by atoms with Crippen LogP contribution < -0.4 is 5.73 Å². The van der Waals surface area contributed by atoms with Crippen molar-refractivity contribution >= 4 is 17.6 Å². The Morgan fingerprint density at radius 1 is 1.06 bits per heavy atom. The van der Waals surface area contributed by atoms with E-state index in [-0.39, 0.29) is 35.8 Å². The number of rotatable bonds is 6. The van der Waals surface area contributed by atoms with Gasteiger partial charge in [-0.2, -0.15) is 0 Å². The van der Waals surface area contributed by atoms with E-state index >= 15 is 0 Å². The monoisotopic (exact) mass is 289 g/mol. The minimum absolute atomic E-state index is 0. The maximum absolute atomic E-state index is 9.20. The summed E-state index contributed by atoms with van der Waals surface area (Å²) in [4.78, 5) is 36.4. The van der Waals surface area contributed by atoms with Crippen molar-refractivity contribution in [2.24, 2.45) is 5.73 Å². The van der Waals surface area contributed by atoms with Gasteiger partial charge in [-0.15, -0.1) is 0 Å². The summed E-state index contributed by atoms with van der Waals surface area (Å²) in [7, 11) is -8.05. The molecule has 0 radical (unpaired) electrons. The van der Waals surface area contributed by atoms with Gasteiger partial charge in [-0.1, -0.05) is 36.3 Å². The van der Waals surface area contributed by atoms with E-state index in [9.17, 15) is 9.59 Å². The molecule has 0 aromatic rings. The maximum Gasteiger partial charge on any atom is 0.516 e.